The standard InChI is InChI=1S/C8H10N2O6S2/c9-8(13)16-4-3-10-18(14,15)6-2-1-5(17-6)7(11)12/h1-2,10H,3-4H2,(H2,9,13)(H,11,12). The summed E-state index contributed by atoms with van der Waals surface area (Å²) < 4.78 is 29.6. The molecular weight excluding hydrogens is 284 g/mol. The molecule has 1 amide bonds. The lowest BCUT2D eigenvalue weighted by Gasteiger charge is -2.04. The number of sulfonamides is 1. The number of hydrogen-bond acceptors (Lipinski definition) is 6. The molecule has 0 bridgehead atoms. The van der Waals surface area contributed by atoms with E-state index in [1.54, 1.807) is 0 Å². The minimum atomic E-state index is -3.80. The topological polar surface area (TPSA) is 136 Å². The van der Waals surface area contributed by atoms with Crippen LogP contribution in [0.5, 0.6) is 0 Å². The monoisotopic (exact) mass is 294 g/mol. The Hall–Kier alpha value is -1.65. The van der Waals surface area contributed by atoms with E-state index in [0.29, 0.717) is 11.3 Å². The highest BCUT2D eigenvalue weighted by atomic mass is 32.2. The summed E-state index contributed by atoms with van der Waals surface area (Å²) in [5, 5.41) is 8.66. The molecule has 1 aromatic heterocycles. The van der Waals surface area contributed by atoms with Gasteiger partial charge >= 0.3 is 12.1 Å². The first kappa shape index (κ1) is 14.4. The van der Waals surface area contributed by atoms with Gasteiger partial charge in [-0.1, -0.05) is 0 Å². The fourth-order valence-electron chi connectivity index (χ4n) is 0.978. The van der Waals surface area contributed by atoms with E-state index in [9.17, 15) is 18.0 Å². The summed E-state index contributed by atoms with van der Waals surface area (Å²) in [5.74, 6) is -1.20. The molecule has 8 nitrogen and oxygen atoms in total. The average Bonchev–Trinajstić information content (AvgIpc) is 2.74. The minimum absolute atomic E-state index is 0.0799. The van der Waals surface area contributed by atoms with E-state index in [4.69, 9.17) is 5.11 Å². The molecule has 0 saturated heterocycles. The number of primary amides is 1. The molecule has 1 heterocycles. The molecule has 0 fully saturated rings. The van der Waals surface area contributed by atoms with Gasteiger partial charge < -0.3 is 15.6 Å². The van der Waals surface area contributed by atoms with Crippen molar-refractivity contribution in [1.29, 1.82) is 0 Å². The van der Waals surface area contributed by atoms with Crippen LogP contribution in [0.3, 0.4) is 0 Å². The Morgan fingerprint density at radius 3 is 2.61 bits per heavy atom. The van der Waals surface area contributed by atoms with Crippen LogP contribution in [0.4, 0.5) is 4.79 Å². The number of hydrogen-bond donors (Lipinski definition) is 3. The van der Waals surface area contributed by atoms with Crippen molar-refractivity contribution in [2.75, 3.05) is 13.2 Å². The molecule has 1 rings (SSSR count). The van der Waals surface area contributed by atoms with Crippen LogP contribution in [-0.2, 0) is 14.8 Å². The van der Waals surface area contributed by atoms with Crippen LogP contribution in [0.15, 0.2) is 16.3 Å². The van der Waals surface area contributed by atoms with Gasteiger partial charge in [0.15, 0.2) is 0 Å². The zero-order valence-electron chi connectivity index (χ0n) is 8.95. The van der Waals surface area contributed by atoms with Crippen LogP contribution in [0.1, 0.15) is 9.67 Å². The zero-order valence-corrected chi connectivity index (χ0v) is 10.6. The first-order valence-electron chi connectivity index (χ1n) is 4.58. The highest BCUT2D eigenvalue weighted by Crippen LogP contribution is 2.21. The van der Waals surface area contributed by atoms with Gasteiger partial charge in [0.05, 0.1) is 0 Å². The van der Waals surface area contributed by atoms with Crippen molar-refractivity contribution in [3.63, 3.8) is 0 Å². The first-order chi connectivity index (χ1) is 8.33. The maximum atomic E-state index is 11.6. The van der Waals surface area contributed by atoms with Gasteiger partial charge in [-0.15, -0.1) is 11.3 Å². The van der Waals surface area contributed by atoms with Crippen LogP contribution in [0.25, 0.3) is 0 Å². The Morgan fingerprint density at radius 2 is 2.11 bits per heavy atom. The average molecular weight is 294 g/mol. The van der Waals surface area contributed by atoms with Crippen molar-refractivity contribution < 1.29 is 27.9 Å². The zero-order chi connectivity index (χ0) is 13.8. The molecule has 0 unspecified atom stereocenters. The van der Waals surface area contributed by atoms with Crippen LogP contribution in [-0.4, -0.2) is 38.7 Å². The van der Waals surface area contributed by atoms with Gasteiger partial charge in [-0.25, -0.2) is 22.7 Å². The lowest BCUT2D eigenvalue weighted by molar-refractivity contribution is 0.0702. The second-order valence-corrected chi connectivity index (χ2v) is 6.07. The molecule has 4 N–H and O–H groups in total. The fraction of sp³-hybridized carbons (Fsp3) is 0.250. The van der Waals surface area contributed by atoms with E-state index in [2.05, 4.69) is 15.2 Å². The largest absolute Gasteiger partial charge is 0.477 e. The molecule has 0 aromatic carbocycles. The summed E-state index contributed by atoms with van der Waals surface area (Å²) in [6, 6.07) is 2.38. The number of carbonyl (C=O) groups excluding carboxylic acids is 1. The van der Waals surface area contributed by atoms with E-state index in [0.717, 1.165) is 0 Å². The normalized spacial score (nSPS) is 11.1. The van der Waals surface area contributed by atoms with E-state index in [-0.39, 0.29) is 22.2 Å². The summed E-state index contributed by atoms with van der Waals surface area (Å²) in [6.07, 6.45) is -1.00. The fourth-order valence-corrected chi connectivity index (χ4v) is 3.18. The van der Waals surface area contributed by atoms with Gasteiger partial charge in [0.2, 0.25) is 10.0 Å². The summed E-state index contributed by atoms with van der Waals surface area (Å²) in [4.78, 5) is 20.8. The predicted octanol–water partition coefficient (Wildman–Crippen LogP) is -0.180. The minimum Gasteiger partial charge on any atom is -0.477 e. The Morgan fingerprint density at radius 1 is 1.44 bits per heavy atom. The number of nitrogens with two attached hydrogens (primary N) is 1. The molecule has 0 saturated carbocycles. The number of carbonyl (C=O) groups is 2. The maximum absolute atomic E-state index is 11.6. The van der Waals surface area contributed by atoms with Gasteiger partial charge in [-0.2, -0.15) is 0 Å². The Bertz CT molecular complexity index is 550. The number of carboxylic acid groups (broad SMARTS) is 1. The number of aromatic carboxylic acids is 1. The summed E-state index contributed by atoms with van der Waals surface area (Å²) >= 11 is 0.630. The molecule has 100 valence electrons. The second kappa shape index (κ2) is 5.80. The summed E-state index contributed by atoms with van der Waals surface area (Å²) in [5.41, 5.74) is 4.69. The molecule has 0 aliphatic carbocycles. The molecule has 0 aliphatic rings. The van der Waals surface area contributed by atoms with E-state index in [1.165, 1.54) is 12.1 Å². The number of rotatable bonds is 6. The number of carboxylic acids is 1. The molecule has 1 aromatic rings. The summed E-state index contributed by atoms with van der Waals surface area (Å²) in [6.45, 7) is -0.350. The van der Waals surface area contributed by atoms with Crippen LogP contribution in [0, 0.1) is 0 Å². The van der Waals surface area contributed by atoms with Crippen LogP contribution in [0.2, 0.25) is 0 Å². The van der Waals surface area contributed by atoms with Crippen LogP contribution < -0.4 is 10.5 Å². The van der Waals surface area contributed by atoms with Gasteiger partial charge in [0.1, 0.15) is 15.7 Å². The van der Waals surface area contributed by atoms with E-state index < -0.39 is 22.1 Å². The lowest BCUT2D eigenvalue weighted by atomic mass is 10.5. The molecule has 0 spiro atoms. The number of ether oxygens (including phenoxy) is 1. The molecule has 10 heteroatoms. The van der Waals surface area contributed by atoms with Crippen LogP contribution >= 0.6 is 11.3 Å². The molecule has 18 heavy (non-hydrogen) atoms. The Balaban J connectivity index is 2.62. The van der Waals surface area contributed by atoms with Crippen molar-refractivity contribution in [2.45, 2.75) is 4.21 Å². The molecule has 0 radical (unpaired) electrons. The van der Waals surface area contributed by atoms with Crippen molar-refractivity contribution in [1.82, 2.24) is 4.72 Å². The SMILES string of the molecule is NC(=O)OCCNS(=O)(=O)c1ccc(C(=O)O)s1. The van der Waals surface area contributed by atoms with Crippen molar-refractivity contribution >= 4 is 33.4 Å². The maximum Gasteiger partial charge on any atom is 0.404 e. The third-order valence-electron chi connectivity index (χ3n) is 1.70. The number of nitrogens with one attached hydrogen (secondary N) is 1. The van der Waals surface area contributed by atoms with E-state index in [1.807, 2.05) is 0 Å². The Kier molecular flexibility index (Phi) is 4.64. The highest BCUT2D eigenvalue weighted by Gasteiger charge is 2.18. The van der Waals surface area contributed by atoms with Gasteiger partial charge in [-0.05, 0) is 12.1 Å². The number of amides is 1. The summed E-state index contributed by atoms with van der Waals surface area (Å²) in [7, 11) is -3.80. The first-order valence-corrected chi connectivity index (χ1v) is 6.88. The predicted molar refractivity (Wildman–Crippen MR) is 62.0 cm³/mol. The van der Waals surface area contributed by atoms with Gasteiger partial charge in [0, 0.05) is 6.54 Å². The van der Waals surface area contributed by atoms with Gasteiger partial charge in [0.25, 0.3) is 0 Å². The van der Waals surface area contributed by atoms with Crippen molar-refractivity contribution in [3.05, 3.63) is 17.0 Å². The third kappa shape index (κ3) is 3.98. The number of thiophene rings is 1. The third-order valence-corrected chi connectivity index (χ3v) is 4.72. The molecule has 0 aliphatic heterocycles. The quantitative estimate of drug-likeness (QED) is 0.623. The van der Waals surface area contributed by atoms with Crippen molar-refractivity contribution in [2.24, 2.45) is 5.73 Å². The lowest BCUT2D eigenvalue weighted by Crippen LogP contribution is -2.28. The van der Waals surface area contributed by atoms with E-state index >= 15 is 0 Å². The van der Waals surface area contributed by atoms with Crippen molar-refractivity contribution in [3.8, 4) is 0 Å². The Labute approximate surface area is 106 Å². The molecule has 0 atom stereocenters. The van der Waals surface area contributed by atoms with Gasteiger partial charge in [-0.3, -0.25) is 0 Å². The highest BCUT2D eigenvalue weighted by molar-refractivity contribution is 7.91. The second-order valence-electron chi connectivity index (χ2n) is 2.99. The molecular formula is C8H10N2O6S2. The smallest absolute Gasteiger partial charge is 0.404 e.